The van der Waals surface area contributed by atoms with Crippen LogP contribution in [0.15, 0.2) is 29.1 Å². The fourth-order valence-electron chi connectivity index (χ4n) is 2.11. The van der Waals surface area contributed by atoms with Crippen LogP contribution in [0.2, 0.25) is 0 Å². The number of hydrogen-bond donors (Lipinski definition) is 2. The van der Waals surface area contributed by atoms with Crippen LogP contribution in [0.1, 0.15) is 31.5 Å². The number of amides is 1. The third-order valence-corrected chi connectivity index (χ3v) is 3.55. The molecule has 6 nitrogen and oxygen atoms in total. The molecule has 2 rings (SSSR count). The summed E-state index contributed by atoms with van der Waals surface area (Å²) in [6, 6.07) is 4.23. The number of hydrogen-bond acceptors (Lipinski definition) is 4. The monoisotopic (exact) mass is 368 g/mol. The van der Waals surface area contributed by atoms with E-state index in [1.807, 2.05) is 13.8 Å². The van der Waals surface area contributed by atoms with Crippen molar-refractivity contribution < 1.29 is 18.0 Å². The summed E-state index contributed by atoms with van der Waals surface area (Å²) in [7, 11) is 0. The molecule has 0 bridgehead atoms. The van der Waals surface area contributed by atoms with E-state index in [2.05, 4.69) is 20.5 Å². The lowest BCUT2D eigenvalue weighted by atomic mass is 10.1. The second kappa shape index (κ2) is 8.11. The van der Waals surface area contributed by atoms with Crippen LogP contribution in [-0.2, 0) is 17.4 Å². The number of halogens is 3. The third-order valence-electron chi connectivity index (χ3n) is 3.55. The van der Waals surface area contributed by atoms with Crippen molar-refractivity contribution in [3.63, 3.8) is 0 Å². The second-order valence-corrected chi connectivity index (χ2v) is 6.22. The molecule has 2 aromatic rings. The summed E-state index contributed by atoms with van der Waals surface area (Å²) in [6.45, 7) is 4.49. The van der Waals surface area contributed by atoms with Crippen LogP contribution < -0.4 is 10.9 Å². The maximum absolute atomic E-state index is 12.6. The molecule has 1 aromatic carbocycles. The predicted octanol–water partition coefficient (Wildman–Crippen LogP) is 2.56. The highest BCUT2D eigenvalue weighted by atomic mass is 19.4. The van der Waals surface area contributed by atoms with Gasteiger partial charge in [0.15, 0.2) is 5.82 Å². The molecular weight excluding hydrogens is 349 g/mol. The first-order valence-electron chi connectivity index (χ1n) is 8.07. The molecule has 9 heteroatoms. The summed E-state index contributed by atoms with van der Waals surface area (Å²) in [6.07, 6.45) is -4.21. The number of nitrogens with zero attached hydrogens (tertiary/aromatic N) is 2. The van der Waals surface area contributed by atoms with E-state index in [0.29, 0.717) is 18.0 Å². The summed E-state index contributed by atoms with van der Waals surface area (Å²) in [5.41, 5.74) is -0.906. The molecule has 2 N–H and O–H groups in total. The Kier molecular flexibility index (Phi) is 6.12. The van der Waals surface area contributed by atoms with Gasteiger partial charge in [-0.3, -0.25) is 9.59 Å². The first kappa shape index (κ1) is 19.6. The van der Waals surface area contributed by atoms with Crippen molar-refractivity contribution >= 4 is 5.91 Å². The fourth-order valence-corrected chi connectivity index (χ4v) is 2.11. The van der Waals surface area contributed by atoms with Crippen molar-refractivity contribution in [1.82, 2.24) is 20.5 Å². The van der Waals surface area contributed by atoms with Gasteiger partial charge in [0.25, 0.3) is 5.56 Å². The SMILES string of the molecule is CC(C)CNC(=O)CCc1nnc(-c2ccc(C(F)(F)F)cc2)[nH]c1=O. The smallest absolute Gasteiger partial charge is 0.356 e. The summed E-state index contributed by atoms with van der Waals surface area (Å²) in [4.78, 5) is 26.2. The van der Waals surface area contributed by atoms with E-state index in [4.69, 9.17) is 0 Å². The van der Waals surface area contributed by atoms with Crippen LogP contribution in [-0.4, -0.2) is 27.6 Å². The van der Waals surface area contributed by atoms with Gasteiger partial charge in [0, 0.05) is 24.9 Å². The summed E-state index contributed by atoms with van der Waals surface area (Å²) in [5.74, 6) is 0.202. The van der Waals surface area contributed by atoms with Gasteiger partial charge in [0.05, 0.1) is 5.56 Å². The largest absolute Gasteiger partial charge is 0.416 e. The van der Waals surface area contributed by atoms with Gasteiger partial charge in [0.2, 0.25) is 5.91 Å². The molecule has 0 saturated carbocycles. The topological polar surface area (TPSA) is 87.7 Å². The molecule has 0 aliphatic heterocycles. The number of nitrogens with one attached hydrogen (secondary N) is 2. The number of aromatic nitrogens is 3. The number of aromatic amines is 1. The molecule has 0 fully saturated rings. The van der Waals surface area contributed by atoms with E-state index in [1.165, 1.54) is 12.1 Å². The van der Waals surface area contributed by atoms with Gasteiger partial charge in [-0.05, 0) is 18.1 Å². The third kappa shape index (κ3) is 5.40. The van der Waals surface area contributed by atoms with Crippen LogP contribution >= 0.6 is 0 Å². The minimum Gasteiger partial charge on any atom is -0.356 e. The molecular formula is C17H19F3N4O2. The standard InChI is InChI=1S/C17H19F3N4O2/c1-10(2)9-21-14(25)8-7-13-16(26)22-15(24-23-13)11-3-5-12(6-4-11)17(18,19)20/h3-6,10H,7-9H2,1-2H3,(H,21,25)(H,22,24,26). The molecule has 1 heterocycles. The molecule has 0 aliphatic carbocycles. The summed E-state index contributed by atoms with van der Waals surface area (Å²) in [5, 5.41) is 10.4. The Hall–Kier alpha value is -2.71. The zero-order chi connectivity index (χ0) is 19.3. The minimum atomic E-state index is -4.43. The average Bonchev–Trinajstić information content (AvgIpc) is 2.58. The number of carbonyl (C=O) groups is 1. The molecule has 0 saturated heterocycles. The van der Waals surface area contributed by atoms with E-state index >= 15 is 0 Å². The van der Waals surface area contributed by atoms with Crippen molar-refractivity contribution in [1.29, 1.82) is 0 Å². The Bertz CT molecular complexity index is 814. The quantitative estimate of drug-likeness (QED) is 0.820. The molecule has 0 aliphatic rings. The zero-order valence-electron chi connectivity index (χ0n) is 14.4. The number of aryl methyl sites for hydroxylation is 1. The Morgan fingerprint density at radius 3 is 2.38 bits per heavy atom. The molecule has 26 heavy (non-hydrogen) atoms. The van der Waals surface area contributed by atoms with Crippen LogP contribution in [0.25, 0.3) is 11.4 Å². The number of benzene rings is 1. The van der Waals surface area contributed by atoms with Gasteiger partial charge < -0.3 is 10.3 Å². The number of H-pyrrole nitrogens is 1. The van der Waals surface area contributed by atoms with Crippen LogP contribution in [0.5, 0.6) is 0 Å². The minimum absolute atomic E-state index is 0.0664. The number of alkyl halides is 3. The molecule has 0 radical (unpaired) electrons. The maximum atomic E-state index is 12.6. The summed E-state index contributed by atoms with van der Waals surface area (Å²) < 4.78 is 37.7. The molecule has 0 atom stereocenters. The van der Waals surface area contributed by atoms with E-state index in [1.54, 1.807) is 0 Å². The van der Waals surface area contributed by atoms with E-state index in [0.717, 1.165) is 12.1 Å². The van der Waals surface area contributed by atoms with Gasteiger partial charge in [-0.15, -0.1) is 10.2 Å². The predicted molar refractivity (Wildman–Crippen MR) is 89.3 cm³/mol. The van der Waals surface area contributed by atoms with Gasteiger partial charge in [-0.25, -0.2) is 0 Å². The highest BCUT2D eigenvalue weighted by Gasteiger charge is 2.30. The maximum Gasteiger partial charge on any atom is 0.416 e. The Morgan fingerprint density at radius 2 is 1.85 bits per heavy atom. The lowest BCUT2D eigenvalue weighted by Gasteiger charge is -2.08. The van der Waals surface area contributed by atoms with Crippen molar-refractivity contribution in [3.8, 4) is 11.4 Å². The first-order chi connectivity index (χ1) is 12.2. The van der Waals surface area contributed by atoms with Gasteiger partial charge in [-0.1, -0.05) is 26.0 Å². The fraction of sp³-hybridized carbons (Fsp3) is 0.412. The molecule has 1 amide bonds. The second-order valence-electron chi connectivity index (χ2n) is 6.22. The molecule has 1 aromatic heterocycles. The lowest BCUT2D eigenvalue weighted by Crippen LogP contribution is -2.28. The zero-order valence-corrected chi connectivity index (χ0v) is 14.4. The van der Waals surface area contributed by atoms with E-state index in [9.17, 15) is 22.8 Å². The van der Waals surface area contributed by atoms with Crippen LogP contribution in [0.4, 0.5) is 13.2 Å². The summed E-state index contributed by atoms with van der Waals surface area (Å²) >= 11 is 0. The first-order valence-corrected chi connectivity index (χ1v) is 8.07. The van der Waals surface area contributed by atoms with Crippen molar-refractivity contribution in [2.45, 2.75) is 32.9 Å². The van der Waals surface area contributed by atoms with E-state index < -0.39 is 17.3 Å². The van der Waals surface area contributed by atoms with E-state index in [-0.39, 0.29) is 30.3 Å². The number of rotatable bonds is 6. The Labute approximate surface area is 147 Å². The van der Waals surface area contributed by atoms with Crippen LogP contribution in [0.3, 0.4) is 0 Å². The molecule has 140 valence electrons. The van der Waals surface area contributed by atoms with Crippen molar-refractivity contribution in [2.24, 2.45) is 5.92 Å². The average molecular weight is 368 g/mol. The van der Waals surface area contributed by atoms with Gasteiger partial charge in [-0.2, -0.15) is 13.2 Å². The molecule has 0 unspecified atom stereocenters. The molecule has 0 spiro atoms. The highest BCUT2D eigenvalue weighted by Crippen LogP contribution is 2.30. The van der Waals surface area contributed by atoms with Crippen molar-refractivity contribution in [2.75, 3.05) is 6.54 Å². The number of carbonyl (C=O) groups excluding carboxylic acids is 1. The lowest BCUT2D eigenvalue weighted by molar-refractivity contribution is -0.137. The van der Waals surface area contributed by atoms with Crippen molar-refractivity contribution in [3.05, 3.63) is 45.9 Å². The van der Waals surface area contributed by atoms with Crippen LogP contribution in [0, 0.1) is 5.92 Å². The van der Waals surface area contributed by atoms with Gasteiger partial charge >= 0.3 is 6.18 Å². The Morgan fingerprint density at radius 1 is 1.19 bits per heavy atom. The Balaban J connectivity index is 2.05. The van der Waals surface area contributed by atoms with Gasteiger partial charge in [0.1, 0.15) is 5.69 Å². The normalized spacial score (nSPS) is 11.6. The highest BCUT2D eigenvalue weighted by molar-refractivity contribution is 5.76.